The average molecular weight is 400 g/mol. The van der Waals surface area contributed by atoms with Crippen LogP contribution in [0.15, 0.2) is 36.5 Å². The monoisotopic (exact) mass is 399 g/mol. The molecule has 2 heterocycles. The van der Waals surface area contributed by atoms with Crippen LogP contribution in [0.1, 0.15) is 48.8 Å². The Labute approximate surface area is 173 Å². The van der Waals surface area contributed by atoms with Crippen LogP contribution in [0.25, 0.3) is 0 Å². The summed E-state index contributed by atoms with van der Waals surface area (Å²) in [5.74, 6) is 0.657. The largest absolute Gasteiger partial charge is 0.492 e. The van der Waals surface area contributed by atoms with Gasteiger partial charge in [-0.25, -0.2) is 0 Å². The minimum Gasteiger partial charge on any atom is -0.492 e. The van der Waals surface area contributed by atoms with Crippen molar-refractivity contribution in [3.63, 3.8) is 0 Å². The second kappa shape index (κ2) is 11.0. The van der Waals surface area contributed by atoms with Crippen molar-refractivity contribution in [2.75, 3.05) is 39.3 Å². The summed E-state index contributed by atoms with van der Waals surface area (Å²) in [6.07, 6.45) is 4.13. The van der Waals surface area contributed by atoms with Crippen molar-refractivity contribution in [1.29, 1.82) is 0 Å². The molecule has 0 radical (unpaired) electrons. The van der Waals surface area contributed by atoms with Crippen LogP contribution in [0.2, 0.25) is 0 Å². The maximum absolute atomic E-state index is 12.6. The molecule has 0 saturated carbocycles. The summed E-state index contributed by atoms with van der Waals surface area (Å²) in [4.78, 5) is 14.9. The number of ether oxygens (including phenoxy) is 1. The van der Waals surface area contributed by atoms with Gasteiger partial charge in [-0.3, -0.25) is 9.48 Å². The SMILES string of the molecule is CCN(CC)CCOc1ccccc1CNC(=O)c1ccn(C2CCCNC2)n1. The quantitative estimate of drug-likeness (QED) is 0.642. The van der Waals surface area contributed by atoms with Crippen molar-refractivity contribution in [2.45, 2.75) is 39.3 Å². The Hall–Kier alpha value is -2.38. The zero-order chi connectivity index (χ0) is 20.5. The third-order valence-corrected chi connectivity index (χ3v) is 5.46. The Morgan fingerprint density at radius 1 is 1.31 bits per heavy atom. The molecular formula is C22H33N5O2. The molecule has 7 nitrogen and oxygen atoms in total. The zero-order valence-electron chi connectivity index (χ0n) is 17.6. The van der Waals surface area contributed by atoms with E-state index in [1.807, 2.05) is 35.1 Å². The molecule has 0 spiro atoms. The van der Waals surface area contributed by atoms with Crippen molar-refractivity contribution < 1.29 is 9.53 Å². The highest BCUT2D eigenvalue weighted by Crippen LogP contribution is 2.18. The van der Waals surface area contributed by atoms with Crippen molar-refractivity contribution in [2.24, 2.45) is 0 Å². The molecule has 2 aromatic rings. The summed E-state index contributed by atoms with van der Waals surface area (Å²) in [5.41, 5.74) is 1.42. The molecule has 2 N–H and O–H groups in total. The van der Waals surface area contributed by atoms with Crippen LogP contribution in [0.3, 0.4) is 0 Å². The highest BCUT2D eigenvalue weighted by molar-refractivity contribution is 5.92. The predicted molar refractivity (Wildman–Crippen MR) is 114 cm³/mol. The topological polar surface area (TPSA) is 71.4 Å². The minimum absolute atomic E-state index is 0.162. The van der Waals surface area contributed by atoms with Gasteiger partial charge in [-0.05, 0) is 44.6 Å². The lowest BCUT2D eigenvalue weighted by Gasteiger charge is -2.22. The fraction of sp³-hybridized carbons (Fsp3) is 0.545. The molecule has 7 heteroatoms. The van der Waals surface area contributed by atoms with Gasteiger partial charge in [0.15, 0.2) is 0 Å². The molecule has 1 aromatic heterocycles. The molecule has 29 heavy (non-hydrogen) atoms. The summed E-state index contributed by atoms with van der Waals surface area (Å²) >= 11 is 0. The molecule has 3 rings (SSSR count). The smallest absolute Gasteiger partial charge is 0.272 e. The number of aromatic nitrogens is 2. The van der Waals surface area contributed by atoms with E-state index in [0.29, 0.717) is 24.9 Å². The first-order chi connectivity index (χ1) is 14.2. The van der Waals surface area contributed by atoms with Crippen molar-refractivity contribution >= 4 is 5.91 Å². The molecule has 1 fully saturated rings. The number of hydrogen-bond donors (Lipinski definition) is 2. The van der Waals surface area contributed by atoms with Gasteiger partial charge in [0.2, 0.25) is 0 Å². The van der Waals surface area contributed by atoms with Gasteiger partial charge in [0.1, 0.15) is 18.1 Å². The maximum atomic E-state index is 12.6. The first-order valence-electron chi connectivity index (χ1n) is 10.7. The average Bonchev–Trinajstić information content (AvgIpc) is 3.27. The van der Waals surface area contributed by atoms with Crippen LogP contribution >= 0.6 is 0 Å². The lowest BCUT2D eigenvalue weighted by Crippen LogP contribution is -2.32. The molecule has 1 aromatic carbocycles. The van der Waals surface area contributed by atoms with E-state index in [4.69, 9.17) is 4.74 Å². The zero-order valence-corrected chi connectivity index (χ0v) is 17.6. The number of amides is 1. The highest BCUT2D eigenvalue weighted by Gasteiger charge is 2.18. The number of likely N-dealkylation sites (N-methyl/N-ethyl adjacent to an activating group) is 1. The Kier molecular flexibility index (Phi) is 8.07. The molecule has 1 atom stereocenters. The third-order valence-electron chi connectivity index (χ3n) is 5.46. The Bertz CT molecular complexity index is 766. The van der Waals surface area contributed by atoms with Gasteiger partial charge in [-0.2, -0.15) is 5.10 Å². The van der Waals surface area contributed by atoms with Gasteiger partial charge in [-0.15, -0.1) is 0 Å². The van der Waals surface area contributed by atoms with Gasteiger partial charge < -0.3 is 20.3 Å². The Morgan fingerprint density at radius 3 is 2.90 bits per heavy atom. The minimum atomic E-state index is -0.162. The van der Waals surface area contributed by atoms with Gasteiger partial charge >= 0.3 is 0 Å². The van der Waals surface area contributed by atoms with Crippen molar-refractivity contribution in [3.05, 3.63) is 47.8 Å². The van der Waals surface area contributed by atoms with Crippen LogP contribution in [0.4, 0.5) is 0 Å². The number of piperidine rings is 1. The van der Waals surface area contributed by atoms with Crippen LogP contribution in [-0.2, 0) is 6.54 Å². The second-order valence-corrected chi connectivity index (χ2v) is 7.35. The van der Waals surface area contributed by atoms with E-state index >= 15 is 0 Å². The number of hydrogen-bond acceptors (Lipinski definition) is 5. The summed E-state index contributed by atoms with van der Waals surface area (Å²) in [7, 11) is 0. The van der Waals surface area contributed by atoms with Gasteiger partial charge in [0.25, 0.3) is 5.91 Å². The number of nitrogens with zero attached hydrogens (tertiary/aromatic N) is 3. The number of para-hydroxylation sites is 1. The van der Waals surface area contributed by atoms with Crippen LogP contribution in [0.5, 0.6) is 5.75 Å². The highest BCUT2D eigenvalue weighted by atomic mass is 16.5. The molecule has 1 aliphatic heterocycles. The molecule has 0 aliphatic carbocycles. The number of nitrogens with one attached hydrogen (secondary N) is 2. The van der Waals surface area contributed by atoms with Gasteiger partial charge in [-0.1, -0.05) is 32.0 Å². The Balaban J connectivity index is 1.53. The van der Waals surface area contributed by atoms with E-state index in [-0.39, 0.29) is 5.91 Å². The van der Waals surface area contributed by atoms with E-state index < -0.39 is 0 Å². The normalized spacial score (nSPS) is 16.7. The van der Waals surface area contributed by atoms with Crippen molar-refractivity contribution in [1.82, 2.24) is 25.3 Å². The van der Waals surface area contributed by atoms with Crippen LogP contribution in [-0.4, -0.2) is 59.9 Å². The van der Waals surface area contributed by atoms with Crippen LogP contribution in [0, 0.1) is 0 Å². The molecule has 1 aliphatic rings. The van der Waals surface area contributed by atoms with E-state index in [2.05, 4.69) is 34.5 Å². The lowest BCUT2D eigenvalue weighted by molar-refractivity contribution is 0.0944. The standard InChI is InChI=1S/C22H33N5O2/c1-3-26(4-2)14-15-29-21-10-6-5-8-18(21)16-24-22(28)20-11-13-27(25-20)19-9-7-12-23-17-19/h5-6,8,10-11,13,19,23H,3-4,7,9,12,14-17H2,1-2H3,(H,24,28). The number of carbonyl (C=O) groups is 1. The number of carbonyl (C=O) groups excluding carboxylic acids is 1. The van der Waals surface area contributed by atoms with E-state index in [1.165, 1.54) is 0 Å². The molecule has 1 unspecified atom stereocenters. The lowest BCUT2D eigenvalue weighted by atomic mass is 10.1. The maximum Gasteiger partial charge on any atom is 0.272 e. The molecule has 1 saturated heterocycles. The molecular weight excluding hydrogens is 366 g/mol. The third kappa shape index (κ3) is 6.05. The van der Waals surface area contributed by atoms with Gasteiger partial charge in [0.05, 0.1) is 6.04 Å². The summed E-state index contributed by atoms with van der Waals surface area (Å²) in [6, 6.07) is 9.97. The summed E-state index contributed by atoms with van der Waals surface area (Å²) in [6.45, 7) is 10.2. The number of benzene rings is 1. The molecule has 1 amide bonds. The fourth-order valence-electron chi connectivity index (χ4n) is 3.60. The van der Waals surface area contributed by atoms with E-state index in [0.717, 1.165) is 56.9 Å². The van der Waals surface area contributed by atoms with Crippen LogP contribution < -0.4 is 15.4 Å². The van der Waals surface area contributed by atoms with E-state index in [9.17, 15) is 4.79 Å². The van der Waals surface area contributed by atoms with Crippen molar-refractivity contribution in [3.8, 4) is 5.75 Å². The molecule has 158 valence electrons. The fourth-order valence-corrected chi connectivity index (χ4v) is 3.60. The first kappa shape index (κ1) is 21.3. The first-order valence-corrected chi connectivity index (χ1v) is 10.7. The Morgan fingerprint density at radius 2 is 2.14 bits per heavy atom. The molecule has 0 bridgehead atoms. The number of rotatable bonds is 10. The van der Waals surface area contributed by atoms with E-state index in [1.54, 1.807) is 6.07 Å². The second-order valence-electron chi connectivity index (χ2n) is 7.35. The summed E-state index contributed by atoms with van der Waals surface area (Å²) < 4.78 is 7.88. The van der Waals surface area contributed by atoms with Gasteiger partial charge in [0, 0.05) is 31.4 Å². The summed E-state index contributed by atoms with van der Waals surface area (Å²) in [5, 5.41) is 10.8. The predicted octanol–water partition coefficient (Wildman–Crippen LogP) is 2.46.